The van der Waals surface area contributed by atoms with Crippen LogP contribution < -0.4 is 0 Å². The SMILES string of the molecule is CC(C)S(=O)(=O)Cc1cc2c(C(=O)O)cccc2s1. The van der Waals surface area contributed by atoms with Crippen LogP contribution in [0.5, 0.6) is 0 Å². The van der Waals surface area contributed by atoms with Crippen LogP contribution in [-0.4, -0.2) is 24.7 Å². The van der Waals surface area contributed by atoms with Crippen molar-refractivity contribution in [2.45, 2.75) is 24.9 Å². The van der Waals surface area contributed by atoms with Gasteiger partial charge in [0, 0.05) is 15.0 Å². The number of benzene rings is 1. The van der Waals surface area contributed by atoms with Crippen molar-refractivity contribution in [2.75, 3.05) is 0 Å². The number of hydrogen-bond donors (Lipinski definition) is 1. The van der Waals surface area contributed by atoms with Crippen molar-refractivity contribution in [1.29, 1.82) is 0 Å². The lowest BCUT2D eigenvalue weighted by molar-refractivity contribution is 0.0699. The van der Waals surface area contributed by atoms with E-state index >= 15 is 0 Å². The van der Waals surface area contributed by atoms with Crippen LogP contribution >= 0.6 is 11.3 Å². The number of thiophene rings is 1. The predicted molar refractivity (Wildman–Crippen MR) is 76.5 cm³/mol. The maximum atomic E-state index is 11.9. The molecular weight excluding hydrogens is 284 g/mol. The molecule has 4 nitrogen and oxygen atoms in total. The minimum atomic E-state index is -3.17. The lowest BCUT2D eigenvalue weighted by atomic mass is 10.1. The second-order valence-electron chi connectivity index (χ2n) is 4.59. The molecule has 1 aromatic carbocycles. The average Bonchev–Trinajstić information content (AvgIpc) is 2.69. The second-order valence-corrected chi connectivity index (χ2v) is 8.32. The molecule has 102 valence electrons. The van der Waals surface area contributed by atoms with E-state index in [4.69, 9.17) is 5.11 Å². The largest absolute Gasteiger partial charge is 0.478 e. The Balaban J connectivity index is 2.49. The third-order valence-corrected chi connectivity index (χ3v) is 6.34. The molecule has 0 radical (unpaired) electrons. The Hall–Kier alpha value is -1.40. The highest BCUT2D eigenvalue weighted by Crippen LogP contribution is 2.30. The molecule has 0 amide bonds. The van der Waals surface area contributed by atoms with Gasteiger partial charge in [-0.1, -0.05) is 6.07 Å². The Morgan fingerprint density at radius 2 is 2.05 bits per heavy atom. The molecule has 2 rings (SSSR count). The zero-order valence-electron chi connectivity index (χ0n) is 10.6. The molecule has 0 bridgehead atoms. The van der Waals surface area contributed by atoms with Crippen molar-refractivity contribution >= 4 is 37.2 Å². The zero-order chi connectivity index (χ0) is 14.2. The molecule has 0 saturated carbocycles. The minimum absolute atomic E-state index is 0.0386. The van der Waals surface area contributed by atoms with Crippen LogP contribution in [0.25, 0.3) is 10.1 Å². The quantitative estimate of drug-likeness (QED) is 0.942. The van der Waals surface area contributed by atoms with Gasteiger partial charge in [-0.25, -0.2) is 13.2 Å². The van der Waals surface area contributed by atoms with Gasteiger partial charge in [-0.05, 0) is 32.0 Å². The Morgan fingerprint density at radius 3 is 2.63 bits per heavy atom. The molecule has 0 aliphatic carbocycles. The number of rotatable bonds is 4. The van der Waals surface area contributed by atoms with E-state index in [0.717, 1.165) is 4.70 Å². The molecule has 1 aromatic heterocycles. The van der Waals surface area contributed by atoms with Gasteiger partial charge in [0.1, 0.15) is 0 Å². The standard InChI is InChI=1S/C13H14O4S2/c1-8(2)19(16,17)7-9-6-11-10(13(14)15)4-3-5-12(11)18-9/h3-6,8H,7H2,1-2H3,(H,14,15). The fourth-order valence-corrected chi connectivity index (χ4v) is 4.16. The number of fused-ring (bicyclic) bond motifs is 1. The molecule has 1 heterocycles. The highest BCUT2D eigenvalue weighted by atomic mass is 32.2. The van der Waals surface area contributed by atoms with E-state index in [2.05, 4.69) is 0 Å². The maximum absolute atomic E-state index is 11.9. The normalized spacial score (nSPS) is 12.2. The van der Waals surface area contributed by atoms with Gasteiger partial charge in [0.2, 0.25) is 0 Å². The molecular formula is C13H14O4S2. The van der Waals surface area contributed by atoms with Crippen LogP contribution in [0.2, 0.25) is 0 Å². The molecule has 0 spiro atoms. The highest BCUT2D eigenvalue weighted by Gasteiger charge is 2.19. The van der Waals surface area contributed by atoms with Gasteiger partial charge in [-0.2, -0.15) is 0 Å². The van der Waals surface area contributed by atoms with Crippen molar-refractivity contribution < 1.29 is 18.3 Å². The Labute approximate surface area is 115 Å². The van der Waals surface area contributed by atoms with Crippen LogP contribution in [0, 0.1) is 0 Å². The molecule has 2 aromatic rings. The zero-order valence-corrected chi connectivity index (χ0v) is 12.2. The van der Waals surface area contributed by atoms with E-state index in [0.29, 0.717) is 10.3 Å². The average molecular weight is 298 g/mol. The van der Waals surface area contributed by atoms with Crippen LogP contribution in [0.4, 0.5) is 0 Å². The predicted octanol–water partition coefficient (Wildman–Crippen LogP) is 2.92. The van der Waals surface area contributed by atoms with Crippen molar-refractivity contribution in [1.82, 2.24) is 0 Å². The summed E-state index contributed by atoms with van der Waals surface area (Å²) in [5, 5.41) is 9.27. The van der Waals surface area contributed by atoms with Gasteiger partial charge in [-0.3, -0.25) is 0 Å². The molecule has 0 atom stereocenters. The lowest BCUT2D eigenvalue weighted by Gasteiger charge is -2.04. The van der Waals surface area contributed by atoms with Gasteiger partial charge >= 0.3 is 5.97 Å². The summed E-state index contributed by atoms with van der Waals surface area (Å²) in [6.45, 7) is 3.29. The van der Waals surface area contributed by atoms with Gasteiger partial charge in [-0.15, -0.1) is 11.3 Å². The number of sulfone groups is 1. The van der Waals surface area contributed by atoms with Gasteiger partial charge < -0.3 is 5.11 Å². The van der Waals surface area contributed by atoms with E-state index in [1.54, 1.807) is 32.0 Å². The maximum Gasteiger partial charge on any atom is 0.336 e. The summed E-state index contributed by atoms with van der Waals surface area (Å²) in [5.41, 5.74) is 0.210. The van der Waals surface area contributed by atoms with Gasteiger partial charge in [0.25, 0.3) is 0 Å². The summed E-state index contributed by atoms with van der Waals surface area (Å²) in [6.07, 6.45) is 0. The molecule has 0 aliphatic heterocycles. The first-order valence-corrected chi connectivity index (χ1v) is 8.31. The molecule has 19 heavy (non-hydrogen) atoms. The van der Waals surface area contributed by atoms with Crippen LogP contribution in [0.15, 0.2) is 24.3 Å². The second kappa shape index (κ2) is 4.94. The van der Waals surface area contributed by atoms with Crippen LogP contribution in [-0.2, 0) is 15.6 Å². The fourth-order valence-electron chi connectivity index (χ4n) is 1.74. The Morgan fingerprint density at radius 1 is 1.37 bits per heavy atom. The first kappa shape index (κ1) is 14.0. The summed E-state index contributed by atoms with van der Waals surface area (Å²) in [7, 11) is -3.17. The van der Waals surface area contributed by atoms with Crippen molar-refractivity contribution in [3.05, 3.63) is 34.7 Å². The fraction of sp³-hybridized carbons (Fsp3) is 0.308. The Bertz CT molecular complexity index is 726. The third kappa shape index (κ3) is 2.79. The summed E-state index contributed by atoms with van der Waals surface area (Å²) in [4.78, 5) is 11.8. The molecule has 1 N–H and O–H groups in total. The van der Waals surface area contributed by atoms with Crippen molar-refractivity contribution in [3.63, 3.8) is 0 Å². The van der Waals surface area contributed by atoms with E-state index in [1.165, 1.54) is 17.4 Å². The highest BCUT2D eigenvalue weighted by molar-refractivity contribution is 7.91. The first-order valence-electron chi connectivity index (χ1n) is 5.77. The van der Waals surface area contributed by atoms with E-state index in [9.17, 15) is 13.2 Å². The smallest absolute Gasteiger partial charge is 0.336 e. The number of carboxylic acid groups (broad SMARTS) is 1. The lowest BCUT2D eigenvalue weighted by Crippen LogP contribution is -2.15. The summed E-state index contributed by atoms with van der Waals surface area (Å²) in [5.74, 6) is -1.04. The van der Waals surface area contributed by atoms with E-state index in [-0.39, 0.29) is 11.3 Å². The van der Waals surface area contributed by atoms with Crippen LogP contribution in [0.1, 0.15) is 29.1 Å². The minimum Gasteiger partial charge on any atom is -0.478 e. The van der Waals surface area contributed by atoms with E-state index < -0.39 is 21.1 Å². The van der Waals surface area contributed by atoms with Gasteiger partial charge in [0.05, 0.1) is 16.6 Å². The summed E-state index contributed by atoms with van der Waals surface area (Å²) in [6, 6.07) is 6.67. The number of carbonyl (C=O) groups is 1. The molecule has 0 unspecified atom stereocenters. The van der Waals surface area contributed by atoms with Crippen molar-refractivity contribution in [3.8, 4) is 0 Å². The summed E-state index contributed by atoms with van der Waals surface area (Å²) < 4.78 is 24.6. The molecule has 0 saturated heterocycles. The monoisotopic (exact) mass is 298 g/mol. The summed E-state index contributed by atoms with van der Waals surface area (Å²) >= 11 is 1.33. The molecule has 0 fully saturated rings. The van der Waals surface area contributed by atoms with Crippen LogP contribution in [0.3, 0.4) is 0 Å². The third-order valence-electron chi connectivity index (χ3n) is 2.90. The number of carboxylic acids is 1. The molecule has 0 aliphatic rings. The number of aromatic carboxylic acids is 1. The van der Waals surface area contributed by atoms with Gasteiger partial charge in [0.15, 0.2) is 9.84 Å². The Kier molecular flexibility index (Phi) is 3.64. The van der Waals surface area contributed by atoms with E-state index in [1.807, 2.05) is 0 Å². The molecule has 6 heteroatoms. The topological polar surface area (TPSA) is 71.4 Å². The first-order chi connectivity index (χ1) is 8.81. The van der Waals surface area contributed by atoms with Crippen molar-refractivity contribution in [2.24, 2.45) is 0 Å². The number of hydrogen-bond acceptors (Lipinski definition) is 4.